The van der Waals surface area contributed by atoms with Crippen molar-refractivity contribution in [1.82, 2.24) is 0 Å². The first-order valence-electron chi connectivity index (χ1n) is 4.51. The predicted molar refractivity (Wildman–Crippen MR) is 51.9 cm³/mol. The van der Waals surface area contributed by atoms with Gasteiger partial charge in [-0.25, -0.2) is 0 Å². The van der Waals surface area contributed by atoms with Gasteiger partial charge in [0.25, 0.3) is 5.91 Å². The third kappa shape index (κ3) is 1.15. The van der Waals surface area contributed by atoms with Crippen LogP contribution in [0.3, 0.4) is 0 Å². The van der Waals surface area contributed by atoms with Crippen LogP contribution in [0.15, 0.2) is 12.1 Å². The van der Waals surface area contributed by atoms with Crippen molar-refractivity contribution in [3.8, 4) is 5.75 Å². The number of phenols is 1. The van der Waals surface area contributed by atoms with Crippen molar-refractivity contribution in [2.75, 3.05) is 0 Å². The number of carbonyl (C=O) groups is 1. The van der Waals surface area contributed by atoms with Gasteiger partial charge < -0.3 is 16.6 Å². The van der Waals surface area contributed by atoms with E-state index >= 15 is 0 Å². The Kier molecular flexibility index (Phi) is 1.93. The van der Waals surface area contributed by atoms with Gasteiger partial charge in [0.15, 0.2) is 0 Å². The molecule has 1 unspecified atom stereocenters. The van der Waals surface area contributed by atoms with Gasteiger partial charge in [0.1, 0.15) is 5.75 Å². The minimum Gasteiger partial charge on any atom is -0.507 e. The van der Waals surface area contributed by atoms with E-state index in [1.807, 2.05) is 0 Å². The van der Waals surface area contributed by atoms with Gasteiger partial charge in [0.05, 0.1) is 5.56 Å². The number of benzene rings is 1. The van der Waals surface area contributed by atoms with Crippen LogP contribution in [0.4, 0.5) is 0 Å². The summed E-state index contributed by atoms with van der Waals surface area (Å²) in [6.07, 6.45) is 1.52. The number of aromatic hydroxyl groups is 1. The lowest BCUT2D eigenvalue weighted by Crippen LogP contribution is -2.14. The SMILES string of the molecule is NC(=O)c1c(O)ccc2c1CCC2N. The molecule has 0 radical (unpaired) electrons. The second kappa shape index (κ2) is 2.99. The fraction of sp³-hybridized carbons (Fsp3) is 0.300. The van der Waals surface area contributed by atoms with Crippen LogP contribution in [0.5, 0.6) is 5.75 Å². The zero-order valence-corrected chi connectivity index (χ0v) is 7.66. The maximum absolute atomic E-state index is 11.1. The number of rotatable bonds is 1. The molecule has 1 aromatic carbocycles. The smallest absolute Gasteiger partial charge is 0.252 e. The minimum atomic E-state index is -0.589. The minimum absolute atomic E-state index is 0.0382. The van der Waals surface area contributed by atoms with Crippen molar-refractivity contribution < 1.29 is 9.90 Å². The maximum Gasteiger partial charge on any atom is 0.252 e. The van der Waals surface area contributed by atoms with E-state index in [2.05, 4.69) is 0 Å². The van der Waals surface area contributed by atoms with Crippen LogP contribution in [0.1, 0.15) is 33.9 Å². The molecule has 2 rings (SSSR count). The van der Waals surface area contributed by atoms with Crippen LogP contribution in [-0.4, -0.2) is 11.0 Å². The molecule has 0 aromatic heterocycles. The van der Waals surface area contributed by atoms with Crippen molar-refractivity contribution in [2.24, 2.45) is 11.5 Å². The van der Waals surface area contributed by atoms with Gasteiger partial charge in [-0.15, -0.1) is 0 Å². The maximum atomic E-state index is 11.1. The zero-order chi connectivity index (χ0) is 10.3. The number of hydrogen-bond acceptors (Lipinski definition) is 3. The van der Waals surface area contributed by atoms with Gasteiger partial charge in [-0.3, -0.25) is 4.79 Å². The molecule has 5 N–H and O–H groups in total. The topological polar surface area (TPSA) is 89.3 Å². The average molecular weight is 192 g/mol. The molecule has 0 saturated heterocycles. The van der Waals surface area contributed by atoms with Gasteiger partial charge in [0.2, 0.25) is 0 Å². The molecule has 0 fully saturated rings. The van der Waals surface area contributed by atoms with E-state index in [1.54, 1.807) is 6.07 Å². The van der Waals surface area contributed by atoms with Crippen molar-refractivity contribution in [2.45, 2.75) is 18.9 Å². The van der Waals surface area contributed by atoms with Gasteiger partial charge >= 0.3 is 0 Å². The van der Waals surface area contributed by atoms with Gasteiger partial charge in [-0.2, -0.15) is 0 Å². The second-order valence-electron chi connectivity index (χ2n) is 3.54. The summed E-state index contributed by atoms with van der Waals surface area (Å²) in [6.45, 7) is 0. The highest BCUT2D eigenvalue weighted by atomic mass is 16.3. The first kappa shape index (κ1) is 9.02. The molecule has 1 aliphatic carbocycles. The third-order valence-corrected chi connectivity index (χ3v) is 2.68. The summed E-state index contributed by atoms with van der Waals surface area (Å²) in [5.41, 5.74) is 13.0. The fourth-order valence-corrected chi connectivity index (χ4v) is 2.00. The summed E-state index contributed by atoms with van der Waals surface area (Å²) in [4.78, 5) is 11.1. The summed E-state index contributed by atoms with van der Waals surface area (Å²) >= 11 is 0. The van der Waals surface area contributed by atoms with Gasteiger partial charge in [-0.1, -0.05) is 6.07 Å². The van der Waals surface area contributed by atoms with Crippen molar-refractivity contribution in [3.05, 3.63) is 28.8 Å². The first-order chi connectivity index (χ1) is 6.61. The first-order valence-corrected chi connectivity index (χ1v) is 4.51. The molecule has 74 valence electrons. The van der Waals surface area contributed by atoms with Gasteiger partial charge in [0, 0.05) is 6.04 Å². The lowest BCUT2D eigenvalue weighted by atomic mass is 10.0. The largest absolute Gasteiger partial charge is 0.507 e. The second-order valence-corrected chi connectivity index (χ2v) is 3.54. The molecule has 0 aliphatic heterocycles. The van der Waals surface area contributed by atoms with E-state index in [4.69, 9.17) is 11.5 Å². The highest BCUT2D eigenvalue weighted by Gasteiger charge is 2.25. The summed E-state index contributed by atoms with van der Waals surface area (Å²) < 4.78 is 0. The number of primary amides is 1. The molecule has 4 heteroatoms. The Labute approximate surface area is 81.5 Å². The van der Waals surface area contributed by atoms with E-state index in [-0.39, 0.29) is 17.4 Å². The molecular weight excluding hydrogens is 180 g/mol. The molecule has 0 bridgehead atoms. The Hall–Kier alpha value is -1.55. The Bertz CT molecular complexity index is 401. The van der Waals surface area contributed by atoms with Crippen LogP contribution in [0.2, 0.25) is 0 Å². The van der Waals surface area contributed by atoms with Crippen LogP contribution in [0, 0.1) is 0 Å². The van der Waals surface area contributed by atoms with Crippen LogP contribution >= 0.6 is 0 Å². The Morgan fingerprint density at radius 1 is 1.50 bits per heavy atom. The standard InChI is InChI=1S/C10H12N2O2/c11-7-3-1-6-5(7)2-4-8(13)9(6)10(12)14/h2,4,7,13H,1,3,11H2,(H2,12,14). The summed E-state index contributed by atoms with van der Waals surface area (Å²) in [7, 11) is 0. The average Bonchev–Trinajstić information content (AvgIpc) is 2.47. The van der Waals surface area contributed by atoms with Crippen LogP contribution < -0.4 is 11.5 Å². The molecule has 4 nitrogen and oxygen atoms in total. The molecule has 0 heterocycles. The molecule has 1 atom stereocenters. The molecule has 0 saturated carbocycles. The van der Waals surface area contributed by atoms with Crippen molar-refractivity contribution in [1.29, 1.82) is 0 Å². The number of hydrogen-bond donors (Lipinski definition) is 3. The van der Waals surface area contributed by atoms with E-state index < -0.39 is 5.91 Å². The highest BCUT2D eigenvalue weighted by molar-refractivity contribution is 5.97. The normalized spacial score (nSPS) is 19.4. The summed E-state index contributed by atoms with van der Waals surface area (Å²) in [5, 5.41) is 9.49. The van der Waals surface area contributed by atoms with E-state index in [0.29, 0.717) is 6.42 Å². The van der Waals surface area contributed by atoms with Crippen LogP contribution in [-0.2, 0) is 6.42 Å². The lowest BCUT2D eigenvalue weighted by molar-refractivity contribution is 0.0997. The van der Waals surface area contributed by atoms with E-state index in [9.17, 15) is 9.90 Å². The molecule has 14 heavy (non-hydrogen) atoms. The number of nitrogens with two attached hydrogens (primary N) is 2. The zero-order valence-electron chi connectivity index (χ0n) is 7.66. The van der Waals surface area contributed by atoms with Crippen LogP contribution in [0.25, 0.3) is 0 Å². The summed E-state index contributed by atoms with van der Waals surface area (Å²) in [5.74, 6) is -0.640. The van der Waals surface area contributed by atoms with E-state index in [0.717, 1.165) is 17.5 Å². The van der Waals surface area contributed by atoms with Crippen molar-refractivity contribution in [3.63, 3.8) is 0 Å². The Balaban J connectivity index is 2.65. The fourth-order valence-electron chi connectivity index (χ4n) is 2.00. The molecule has 1 aromatic rings. The number of carbonyl (C=O) groups excluding carboxylic acids is 1. The Morgan fingerprint density at radius 2 is 2.21 bits per heavy atom. The lowest BCUT2D eigenvalue weighted by Gasteiger charge is -2.08. The number of fused-ring (bicyclic) bond motifs is 1. The predicted octanol–water partition coefficient (Wildman–Crippen LogP) is 0.437. The summed E-state index contributed by atoms with van der Waals surface area (Å²) in [6, 6.07) is 3.20. The number of amides is 1. The highest BCUT2D eigenvalue weighted by Crippen LogP contribution is 2.35. The van der Waals surface area contributed by atoms with Gasteiger partial charge in [-0.05, 0) is 30.0 Å². The molecular formula is C10H12N2O2. The molecule has 1 aliphatic rings. The monoisotopic (exact) mass is 192 g/mol. The van der Waals surface area contributed by atoms with E-state index in [1.165, 1.54) is 6.07 Å². The van der Waals surface area contributed by atoms with Crippen molar-refractivity contribution >= 4 is 5.91 Å². The molecule has 1 amide bonds. The Morgan fingerprint density at radius 3 is 2.86 bits per heavy atom. The third-order valence-electron chi connectivity index (χ3n) is 2.68. The molecule has 0 spiro atoms. The quantitative estimate of drug-likeness (QED) is 0.603.